The molecule has 2 aliphatic heterocycles. The number of ether oxygens (including phenoxy) is 1. The van der Waals surface area contributed by atoms with Crippen molar-refractivity contribution in [3.63, 3.8) is 0 Å². The Balaban J connectivity index is 1.81. The third-order valence-corrected chi connectivity index (χ3v) is 5.02. The van der Waals surface area contributed by atoms with Gasteiger partial charge in [-0.15, -0.1) is 0 Å². The number of aliphatic carboxylic acids is 1. The summed E-state index contributed by atoms with van der Waals surface area (Å²) in [6, 6.07) is 8.14. The molecule has 0 amide bonds. The Labute approximate surface area is 125 Å². The van der Waals surface area contributed by atoms with Crippen LogP contribution in [0.5, 0.6) is 5.75 Å². The zero-order chi connectivity index (χ0) is 14.9. The number of nitrogens with zero attached hydrogens (tertiary/aromatic N) is 1. The lowest BCUT2D eigenvalue weighted by Gasteiger charge is -2.44. The minimum Gasteiger partial charge on any atom is -0.493 e. The monoisotopic (exact) mass is 289 g/mol. The standard InChI is InChI=1S/C17H23NO3/c1-17(16(19)20)9-4-5-10-18(17)12-13-8-11-21-15-7-3-2-6-14(13)15/h2-3,6-7,13H,4-5,8-12H2,1H3,(H,19,20). The highest BCUT2D eigenvalue weighted by molar-refractivity contribution is 5.78. The Bertz CT molecular complexity index is 531. The highest BCUT2D eigenvalue weighted by atomic mass is 16.5. The van der Waals surface area contributed by atoms with E-state index in [1.807, 2.05) is 25.1 Å². The molecule has 0 bridgehead atoms. The molecule has 1 fully saturated rings. The van der Waals surface area contributed by atoms with E-state index in [1.165, 1.54) is 5.56 Å². The van der Waals surface area contributed by atoms with Crippen LogP contribution in [0.15, 0.2) is 24.3 Å². The summed E-state index contributed by atoms with van der Waals surface area (Å²) in [6.45, 7) is 4.28. The van der Waals surface area contributed by atoms with Gasteiger partial charge in [-0.25, -0.2) is 0 Å². The van der Waals surface area contributed by atoms with Gasteiger partial charge in [0.25, 0.3) is 0 Å². The fourth-order valence-corrected chi connectivity index (χ4v) is 3.58. The molecular weight excluding hydrogens is 266 g/mol. The Kier molecular flexibility index (Phi) is 3.89. The van der Waals surface area contributed by atoms with Gasteiger partial charge < -0.3 is 9.84 Å². The average Bonchev–Trinajstić information content (AvgIpc) is 2.50. The Morgan fingerprint density at radius 3 is 3.05 bits per heavy atom. The van der Waals surface area contributed by atoms with Gasteiger partial charge in [-0.05, 0) is 50.8 Å². The first-order valence-electron chi connectivity index (χ1n) is 7.81. The number of rotatable bonds is 3. The van der Waals surface area contributed by atoms with Crippen molar-refractivity contribution in [2.24, 2.45) is 0 Å². The SMILES string of the molecule is CC1(C(=O)O)CCCCN1CC1CCOc2ccccc21. The zero-order valence-corrected chi connectivity index (χ0v) is 12.5. The highest BCUT2D eigenvalue weighted by Gasteiger charge is 2.42. The van der Waals surface area contributed by atoms with Crippen LogP contribution >= 0.6 is 0 Å². The molecule has 4 nitrogen and oxygen atoms in total. The zero-order valence-electron chi connectivity index (χ0n) is 12.5. The van der Waals surface area contributed by atoms with Gasteiger partial charge >= 0.3 is 5.97 Å². The summed E-state index contributed by atoms with van der Waals surface area (Å²) < 4.78 is 5.71. The van der Waals surface area contributed by atoms with Crippen LogP contribution in [0, 0.1) is 0 Å². The van der Waals surface area contributed by atoms with Crippen molar-refractivity contribution in [3.05, 3.63) is 29.8 Å². The minimum absolute atomic E-state index is 0.367. The second-order valence-corrected chi connectivity index (χ2v) is 6.35. The topological polar surface area (TPSA) is 49.8 Å². The molecule has 1 aromatic rings. The van der Waals surface area contributed by atoms with E-state index < -0.39 is 11.5 Å². The Morgan fingerprint density at radius 2 is 2.24 bits per heavy atom. The molecule has 2 heterocycles. The molecule has 2 unspecified atom stereocenters. The molecule has 21 heavy (non-hydrogen) atoms. The van der Waals surface area contributed by atoms with Crippen molar-refractivity contribution in [3.8, 4) is 5.75 Å². The van der Waals surface area contributed by atoms with Crippen molar-refractivity contribution in [2.45, 2.75) is 44.1 Å². The summed E-state index contributed by atoms with van der Waals surface area (Å²) in [5.74, 6) is 0.636. The summed E-state index contributed by atoms with van der Waals surface area (Å²) in [6.07, 6.45) is 3.80. The van der Waals surface area contributed by atoms with Gasteiger partial charge in [0.15, 0.2) is 0 Å². The molecule has 1 N–H and O–H groups in total. The Hall–Kier alpha value is -1.55. The van der Waals surface area contributed by atoms with Crippen molar-refractivity contribution in [1.29, 1.82) is 0 Å². The van der Waals surface area contributed by atoms with Gasteiger partial charge in [-0.3, -0.25) is 9.69 Å². The van der Waals surface area contributed by atoms with Gasteiger partial charge in [-0.1, -0.05) is 18.2 Å². The maximum absolute atomic E-state index is 11.7. The number of likely N-dealkylation sites (tertiary alicyclic amines) is 1. The van der Waals surface area contributed by atoms with Crippen LogP contribution in [-0.4, -0.2) is 41.2 Å². The molecule has 2 aliphatic rings. The predicted molar refractivity (Wildman–Crippen MR) is 80.8 cm³/mol. The lowest BCUT2D eigenvalue weighted by atomic mass is 9.85. The van der Waals surface area contributed by atoms with Gasteiger partial charge in [0.05, 0.1) is 6.61 Å². The summed E-state index contributed by atoms with van der Waals surface area (Å²) in [4.78, 5) is 13.9. The number of benzene rings is 1. The maximum atomic E-state index is 11.7. The van der Waals surface area contributed by atoms with E-state index in [4.69, 9.17) is 4.74 Å². The van der Waals surface area contributed by atoms with Gasteiger partial charge in [-0.2, -0.15) is 0 Å². The van der Waals surface area contributed by atoms with Crippen LogP contribution in [0.1, 0.15) is 44.1 Å². The fourth-order valence-electron chi connectivity index (χ4n) is 3.58. The normalized spacial score (nSPS) is 29.5. The smallest absolute Gasteiger partial charge is 0.323 e. The van der Waals surface area contributed by atoms with Gasteiger partial charge in [0.1, 0.15) is 11.3 Å². The molecule has 0 radical (unpaired) electrons. The number of carboxylic acids is 1. The first-order chi connectivity index (χ1) is 10.1. The first kappa shape index (κ1) is 14.4. The largest absolute Gasteiger partial charge is 0.493 e. The average molecular weight is 289 g/mol. The number of carboxylic acid groups (broad SMARTS) is 1. The van der Waals surface area contributed by atoms with Crippen molar-refractivity contribution in [1.82, 2.24) is 4.90 Å². The molecule has 2 atom stereocenters. The molecule has 114 valence electrons. The summed E-state index contributed by atoms with van der Waals surface area (Å²) in [5, 5.41) is 9.63. The van der Waals surface area contributed by atoms with E-state index in [-0.39, 0.29) is 0 Å². The molecule has 0 aliphatic carbocycles. The maximum Gasteiger partial charge on any atom is 0.323 e. The summed E-state index contributed by atoms with van der Waals surface area (Å²) >= 11 is 0. The second kappa shape index (κ2) is 5.68. The van der Waals surface area contributed by atoms with Crippen LogP contribution in [-0.2, 0) is 4.79 Å². The molecule has 4 heteroatoms. The second-order valence-electron chi connectivity index (χ2n) is 6.35. The molecule has 0 saturated carbocycles. The number of para-hydroxylation sites is 1. The van der Waals surface area contributed by atoms with E-state index in [0.29, 0.717) is 5.92 Å². The van der Waals surface area contributed by atoms with E-state index in [9.17, 15) is 9.90 Å². The lowest BCUT2D eigenvalue weighted by Crippen LogP contribution is -2.56. The lowest BCUT2D eigenvalue weighted by molar-refractivity contribution is -0.153. The molecular formula is C17H23NO3. The number of piperidine rings is 1. The molecule has 1 aromatic carbocycles. The molecule has 0 aromatic heterocycles. The van der Waals surface area contributed by atoms with Crippen molar-refractivity contribution >= 4 is 5.97 Å². The van der Waals surface area contributed by atoms with Crippen molar-refractivity contribution < 1.29 is 14.6 Å². The van der Waals surface area contributed by atoms with E-state index in [0.717, 1.165) is 51.1 Å². The van der Waals surface area contributed by atoms with E-state index in [1.54, 1.807) is 0 Å². The van der Waals surface area contributed by atoms with Crippen LogP contribution in [0.2, 0.25) is 0 Å². The number of fused-ring (bicyclic) bond motifs is 1. The molecule has 3 rings (SSSR count). The fraction of sp³-hybridized carbons (Fsp3) is 0.588. The molecule has 1 saturated heterocycles. The van der Waals surface area contributed by atoms with E-state index in [2.05, 4.69) is 11.0 Å². The molecule has 0 spiro atoms. The van der Waals surface area contributed by atoms with Gasteiger partial charge in [0.2, 0.25) is 0 Å². The quantitative estimate of drug-likeness (QED) is 0.929. The van der Waals surface area contributed by atoms with Crippen LogP contribution < -0.4 is 4.74 Å². The van der Waals surface area contributed by atoms with Crippen LogP contribution in [0.25, 0.3) is 0 Å². The third-order valence-electron chi connectivity index (χ3n) is 5.02. The number of hydrogen-bond donors (Lipinski definition) is 1. The van der Waals surface area contributed by atoms with Gasteiger partial charge in [0, 0.05) is 12.5 Å². The van der Waals surface area contributed by atoms with Crippen LogP contribution in [0.3, 0.4) is 0 Å². The highest BCUT2D eigenvalue weighted by Crippen LogP contribution is 2.37. The minimum atomic E-state index is -0.717. The number of hydrogen-bond acceptors (Lipinski definition) is 3. The summed E-state index contributed by atoms with van der Waals surface area (Å²) in [7, 11) is 0. The van der Waals surface area contributed by atoms with E-state index >= 15 is 0 Å². The summed E-state index contributed by atoms with van der Waals surface area (Å²) in [5.41, 5.74) is 0.507. The van der Waals surface area contributed by atoms with Crippen molar-refractivity contribution in [2.75, 3.05) is 19.7 Å². The third kappa shape index (κ3) is 2.64. The Morgan fingerprint density at radius 1 is 1.43 bits per heavy atom. The predicted octanol–water partition coefficient (Wildman–Crippen LogP) is 2.88. The van der Waals surface area contributed by atoms with Crippen LogP contribution in [0.4, 0.5) is 0 Å². The number of carbonyl (C=O) groups is 1. The first-order valence-corrected chi connectivity index (χ1v) is 7.81.